The second-order valence-electron chi connectivity index (χ2n) is 6.78. The van der Waals surface area contributed by atoms with Crippen LogP contribution >= 0.6 is 0 Å². The van der Waals surface area contributed by atoms with Crippen LogP contribution in [-0.4, -0.2) is 37.2 Å². The Kier molecular flexibility index (Phi) is 4.59. The molecule has 0 radical (unpaired) electrons. The van der Waals surface area contributed by atoms with E-state index in [-0.39, 0.29) is 30.0 Å². The van der Waals surface area contributed by atoms with Crippen LogP contribution in [0, 0.1) is 5.82 Å². The van der Waals surface area contributed by atoms with Crippen molar-refractivity contribution in [2.45, 2.75) is 32.1 Å². The first-order valence-corrected chi connectivity index (χ1v) is 8.82. The third kappa shape index (κ3) is 3.71. The molecule has 7 nitrogen and oxygen atoms in total. The van der Waals surface area contributed by atoms with Gasteiger partial charge in [-0.05, 0) is 41.8 Å². The molecule has 1 aliphatic rings. The lowest BCUT2D eigenvalue weighted by Crippen LogP contribution is -2.28. The van der Waals surface area contributed by atoms with Crippen LogP contribution in [0.15, 0.2) is 30.3 Å². The molecule has 1 N–H and O–H groups in total. The molecule has 11 heteroatoms. The van der Waals surface area contributed by atoms with E-state index in [0.29, 0.717) is 23.0 Å². The summed E-state index contributed by atoms with van der Waals surface area (Å²) in [6.07, 6.45) is -4.22. The average molecular weight is 408 g/mol. The molecular weight excluding hydrogens is 392 g/mol. The lowest BCUT2D eigenvalue weighted by Gasteiger charge is -2.20. The molecule has 1 aromatic carbocycles. The maximum atomic E-state index is 13.7. The highest BCUT2D eigenvalue weighted by atomic mass is 19.4. The Balaban J connectivity index is 1.69. The van der Waals surface area contributed by atoms with Gasteiger partial charge in [0.2, 0.25) is 5.91 Å². The molecule has 152 valence electrons. The summed E-state index contributed by atoms with van der Waals surface area (Å²) in [5.74, 6) is -1.60. The Morgan fingerprint density at radius 3 is 2.72 bits per heavy atom. The number of nitrogens with one attached hydrogen (secondary N) is 1. The van der Waals surface area contributed by atoms with Crippen molar-refractivity contribution in [3.8, 4) is 0 Å². The summed E-state index contributed by atoms with van der Waals surface area (Å²) >= 11 is 0. The smallest absolute Gasteiger partial charge is 0.362 e. The second kappa shape index (κ2) is 6.98. The van der Waals surface area contributed by atoms with Crippen LogP contribution in [0.2, 0.25) is 0 Å². The number of hydrogen-bond acceptors (Lipinski definition) is 5. The fraction of sp³-hybridized carbons (Fsp3) is 0.333. The quantitative estimate of drug-likeness (QED) is 0.660. The summed E-state index contributed by atoms with van der Waals surface area (Å²) in [5, 5.41) is 13.7. The fourth-order valence-corrected chi connectivity index (χ4v) is 3.42. The van der Waals surface area contributed by atoms with E-state index in [4.69, 9.17) is 0 Å². The highest BCUT2D eigenvalue weighted by Crippen LogP contribution is 2.31. The second-order valence-corrected chi connectivity index (χ2v) is 6.78. The van der Waals surface area contributed by atoms with E-state index in [1.54, 1.807) is 11.0 Å². The normalized spacial score (nSPS) is 17.1. The Bertz CT molecular complexity index is 1080. The van der Waals surface area contributed by atoms with Gasteiger partial charge in [0.05, 0.1) is 6.04 Å². The zero-order valence-electron chi connectivity index (χ0n) is 15.2. The number of carbonyl (C=O) groups excluding carboxylic acids is 1. The molecule has 0 saturated carbocycles. The van der Waals surface area contributed by atoms with Gasteiger partial charge in [-0.3, -0.25) is 4.79 Å². The van der Waals surface area contributed by atoms with E-state index in [9.17, 15) is 22.4 Å². The molecule has 1 aliphatic heterocycles. The Morgan fingerprint density at radius 2 is 2.00 bits per heavy atom. The van der Waals surface area contributed by atoms with Crippen molar-refractivity contribution in [2.75, 3.05) is 11.9 Å². The van der Waals surface area contributed by atoms with Gasteiger partial charge >= 0.3 is 6.18 Å². The van der Waals surface area contributed by atoms with Crippen molar-refractivity contribution in [3.63, 3.8) is 0 Å². The summed E-state index contributed by atoms with van der Waals surface area (Å²) in [6.45, 7) is 2.11. The van der Waals surface area contributed by atoms with E-state index in [1.165, 1.54) is 31.2 Å². The topological polar surface area (TPSA) is 75.4 Å². The molecule has 3 heterocycles. The lowest BCUT2D eigenvalue weighted by atomic mass is 9.99. The Labute approximate surface area is 162 Å². The number of hydrogen-bond donors (Lipinski definition) is 1. The summed E-state index contributed by atoms with van der Waals surface area (Å²) < 4.78 is 53.7. The zero-order valence-corrected chi connectivity index (χ0v) is 15.2. The van der Waals surface area contributed by atoms with Gasteiger partial charge in [-0.2, -0.15) is 17.7 Å². The molecule has 1 atom stereocenters. The van der Waals surface area contributed by atoms with E-state index in [0.717, 1.165) is 5.56 Å². The van der Waals surface area contributed by atoms with Gasteiger partial charge in [0.25, 0.3) is 5.82 Å². The molecule has 0 spiro atoms. The number of alkyl halides is 3. The van der Waals surface area contributed by atoms with E-state index >= 15 is 0 Å². The molecule has 0 aliphatic carbocycles. The van der Waals surface area contributed by atoms with Gasteiger partial charge in [0.1, 0.15) is 11.6 Å². The first-order chi connectivity index (χ1) is 13.7. The van der Waals surface area contributed by atoms with Crippen molar-refractivity contribution < 1.29 is 22.4 Å². The van der Waals surface area contributed by atoms with E-state index < -0.39 is 17.8 Å². The number of fused-ring (bicyclic) bond motifs is 2. The van der Waals surface area contributed by atoms with Gasteiger partial charge < -0.3 is 10.2 Å². The number of anilines is 1. The Hall–Kier alpha value is -3.24. The summed E-state index contributed by atoms with van der Waals surface area (Å²) in [7, 11) is 0. The predicted molar refractivity (Wildman–Crippen MR) is 94.3 cm³/mol. The van der Waals surface area contributed by atoms with Crippen LogP contribution in [0.25, 0.3) is 5.65 Å². The molecule has 4 rings (SSSR count). The number of benzene rings is 1. The Morgan fingerprint density at radius 1 is 1.21 bits per heavy atom. The highest BCUT2D eigenvalue weighted by molar-refractivity contribution is 5.73. The van der Waals surface area contributed by atoms with Crippen molar-refractivity contribution in [2.24, 2.45) is 0 Å². The van der Waals surface area contributed by atoms with Gasteiger partial charge in [-0.1, -0.05) is 6.07 Å². The van der Waals surface area contributed by atoms with Gasteiger partial charge in [-0.25, -0.2) is 4.39 Å². The first-order valence-electron chi connectivity index (χ1n) is 8.82. The minimum Gasteiger partial charge on any atom is -0.362 e. The minimum atomic E-state index is -4.69. The van der Waals surface area contributed by atoms with Crippen LogP contribution in [0.5, 0.6) is 0 Å². The number of amides is 1. The van der Waals surface area contributed by atoms with Crippen molar-refractivity contribution in [1.82, 2.24) is 24.7 Å². The summed E-state index contributed by atoms with van der Waals surface area (Å²) in [6, 6.07) is 6.80. The maximum absolute atomic E-state index is 13.7. The number of carbonyl (C=O) groups is 1. The van der Waals surface area contributed by atoms with Crippen molar-refractivity contribution in [1.29, 1.82) is 0 Å². The molecule has 1 amide bonds. The molecule has 0 fully saturated rings. The molecular formula is C18H16F4N6O. The van der Waals surface area contributed by atoms with Gasteiger partial charge in [0.15, 0.2) is 5.65 Å². The lowest BCUT2D eigenvalue weighted by molar-refractivity contribution is -0.146. The molecule has 0 saturated heterocycles. The van der Waals surface area contributed by atoms with Crippen LogP contribution in [0.3, 0.4) is 0 Å². The molecule has 3 aromatic rings. The maximum Gasteiger partial charge on any atom is 0.453 e. The van der Waals surface area contributed by atoms with Crippen LogP contribution in [0.1, 0.15) is 36.3 Å². The van der Waals surface area contributed by atoms with Crippen molar-refractivity contribution in [3.05, 3.63) is 53.1 Å². The number of rotatable bonds is 2. The fourth-order valence-electron chi connectivity index (χ4n) is 3.42. The molecule has 1 unspecified atom stereocenters. The average Bonchev–Trinajstić information content (AvgIpc) is 2.99. The van der Waals surface area contributed by atoms with Crippen LogP contribution < -0.4 is 5.32 Å². The number of aromatic nitrogens is 4. The number of halogens is 4. The SMILES string of the molecule is CC(=O)N1CCC(Nc2ccc3nnc(C(F)(F)F)n3n2)c2ccc(F)cc2C1. The molecule has 2 aromatic heterocycles. The predicted octanol–water partition coefficient (Wildman–Crippen LogP) is 3.19. The first kappa shape index (κ1) is 19.1. The van der Waals surface area contributed by atoms with Crippen LogP contribution in [0.4, 0.5) is 23.4 Å². The third-order valence-corrected chi connectivity index (χ3v) is 4.81. The zero-order chi connectivity index (χ0) is 20.8. The van der Waals surface area contributed by atoms with E-state index in [2.05, 4.69) is 20.6 Å². The molecule has 29 heavy (non-hydrogen) atoms. The molecule has 0 bridgehead atoms. The highest BCUT2D eigenvalue weighted by Gasteiger charge is 2.37. The summed E-state index contributed by atoms with van der Waals surface area (Å²) in [5.41, 5.74) is 1.36. The summed E-state index contributed by atoms with van der Waals surface area (Å²) in [4.78, 5) is 13.4. The van der Waals surface area contributed by atoms with Gasteiger partial charge in [-0.15, -0.1) is 15.3 Å². The number of nitrogens with zero attached hydrogens (tertiary/aromatic N) is 5. The largest absolute Gasteiger partial charge is 0.453 e. The monoisotopic (exact) mass is 408 g/mol. The standard InChI is InChI=1S/C18H16F4N6O/c1-10(29)27-7-6-14(13-3-2-12(19)8-11(13)9-27)23-15-4-5-16-24-25-17(18(20,21)22)28(16)26-15/h2-5,8,14H,6-7,9H2,1H3,(H,23,26). The third-order valence-electron chi connectivity index (χ3n) is 4.81. The van der Waals surface area contributed by atoms with Crippen LogP contribution in [-0.2, 0) is 17.5 Å². The van der Waals surface area contributed by atoms with E-state index in [1.807, 2.05) is 0 Å². The van der Waals surface area contributed by atoms with Gasteiger partial charge in [0, 0.05) is 20.0 Å². The van der Waals surface area contributed by atoms with Crippen molar-refractivity contribution >= 4 is 17.4 Å². The minimum absolute atomic E-state index is 0.0334.